The number of halogens is 2. The van der Waals surface area contributed by atoms with Crippen LogP contribution < -0.4 is 10.6 Å². The van der Waals surface area contributed by atoms with Crippen molar-refractivity contribution in [1.29, 1.82) is 0 Å². The maximum atomic E-state index is 12.1. The van der Waals surface area contributed by atoms with Crippen LogP contribution in [-0.2, 0) is 9.53 Å². The highest BCUT2D eigenvalue weighted by atomic mass is 35.5. The van der Waals surface area contributed by atoms with E-state index < -0.39 is 11.9 Å². The number of hydrogen-bond donors (Lipinski definition) is 2. The van der Waals surface area contributed by atoms with Gasteiger partial charge in [0, 0.05) is 27.4 Å². The Hall–Kier alpha value is -3.13. The molecule has 3 aromatic rings. The van der Waals surface area contributed by atoms with Crippen molar-refractivity contribution in [2.75, 3.05) is 12.4 Å². The fourth-order valence-corrected chi connectivity index (χ4v) is 3.32. The van der Waals surface area contributed by atoms with E-state index in [1.54, 1.807) is 54.6 Å². The molecule has 9 heteroatoms. The summed E-state index contributed by atoms with van der Waals surface area (Å²) in [5, 5.41) is 6.48. The molecule has 31 heavy (non-hydrogen) atoms. The van der Waals surface area contributed by atoms with Gasteiger partial charge in [0.05, 0.1) is 12.7 Å². The summed E-state index contributed by atoms with van der Waals surface area (Å²) in [6.45, 7) is 0. The third-order valence-electron chi connectivity index (χ3n) is 3.97. The van der Waals surface area contributed by atoms with Crippen LogP contribution in [-0.4, -0.2) is 24.1 Å². The molecule has 2 aromatic carbocycles. The van der Waals surface area contributed by atoms with E-state index >= 15 is 0 Å². The summed E-state index contributed by atoms with van der Waals surface area (Å²) < 4.78 is 10.3. The van der Waals surface area contributed by atoms with Crippen molar-refractivity contribution in [3.63, 3.8) is 0 Å². The van der Waals surface area contributed by atoms with Gasteiger partial charge in [-0.25, -0.2) is 4.79 Å². The van der Waals surface area contributed by atoms with Gasteiger partial charge in [-0.05, 0) is 72.9 Å². The highest BCUT2D eigenvalue weighted by Gasteiger charge is 2.08. The lowest BCUT2D eigenvalue weighted by Gasteiger charge is -2.08. The third kappa shape index (κ3) is 6.42. The molecule has 1 heterocycles. The van der Waals surface area contributed by atoms with Gasteiger partial charge in [0.25, 0.3) is 0 Å². The minimum absolute atomic E-state index is 0.106. The molecule has 0 saturated heterocycles. The molecule has 0 radical (unpaired) electrons. The van der Waals surface area contributed by atoms with Crippen molar-refractivity contribution < 1.29 is 18.7 Å². The van der Waals surface area contributed by atoms with Crippen molar-refractivity contribution in [3.8, 4) is 11.3 Å². The van der Waals surface area contributed by atoms with E-state index in [4.69, 9.17) is 39.8 Å². The molecule has 1 aromatic heterocycles. The zero-order chi connectivity index (χ0) is 22.4. The number of benzene rings is 2. The standard InChI is InChI=1S/C22H16Cl2N2O4S/c1-29-21(28)13-2-4-17(5-3-13)25-22(31)26-20(27)9-7-18-6-8-19(30-18)14-10-15(23)12-16(24)11-14/h2-12H,1H3,(H2,25,26,27,31)/b9-7+. The van der Waals surface area contributed by atoms with E-state index in [1.807, 2.05) is 0 Å². The number of amides is 1. The quantitative estimate of drug-likeness (QED) is 0.286. The van der Waals surface area contributed by atoms with Crippen molar-refractivity contribution >= 4 is 64.2 Å². The van der Waals surface area contributed by atoms with E-state index in [2.05, 4.69) is 15.4 Å². The molecule has 0 unspecified atom stereocenters. The monoisotopic (exact) mass is 474 g/mol. The van der Waals surface area contributed by atoms with Crippen molar-refractivity contribution in [2.45, 2.75) is 0 Å². The van der Waals surface area contributed by atoms with Gasteiger partial charge in [-0.1, -0.05) is 23.2 Å². The van der Waals surface area contributed by atoms with Gasteiger partial charge in [-0.3, -0.25) is 10.1 Å². The molecule has 0 aliphatic carbocycles. The first-order valence-corrected chi connectivity index (χ1v) is 10.0. The Kier molecular flexibility index (Phi) is 7.46. The number of carbonyl (C=O) groups excluding carboxylic acids is 2. The van der Waals surface area contributed by atoms with Gasteiger partial charge in [0.15, 0.2) is 5.11 Å². The molecule has 6 nitrogen and oxygen atoms in total. The molecule has 0 aliphatic rings. The number of furan rings is 1. The smallest absolute Gasteiger partial charge is 0.337 e. The Morgan fingerprint density at radius 2 is 1.71 bits per heavy atom. The van der Waals surface area contributed by atoms with Crippen LogP contribution in [0, 0.1) is 0 Å². The Morgan fingerprint density at radius 1 is 1.03 bits per heavy atom. The minimum atomic E-state index is -0.438. The van der Waals surface area contributed by atoms with Crippen LogP contribution in [0.5, 0.6) is 0 Å². The number of nitrogens with one attached hydrogen (secondary N) is 2. The van der Waals surface area contributed by atoms with Gasteiger partial charge in [-0.2, -0.15) is 0 Å². The third-order valence-corrected chi connectivity index (χ3v) is 4.61. The molecule has 0 atom stereocenters. The van der Waals surface area contributed by atoms with Gasteiger partial charge >= 0.3 is 5.97 Å². The second kappa shape index (κ2) is 10.3. The summed E-state index contributed by atoms with van der Waals surface area (Å²) in [5.74, 6) is 0.162. The lowest BCUT2D eigenvalue weighted by atomic mass is 10.2. The van der Waals surface area contributed by atoms with Crippen molar-refractivity contribution in [1.82, 2.24) is 5.32 Å². The van der Waals surface area contributed by atoms with Crippen molar-refractivity contribution in [3.05, 3.63) is 82.0 Å². The van der Waals surface area contributed by atoms with E-state index in [-0.39, 0.29) is 5.11 Å². The second-order valence-electron chi connectivity index (χ2n) is 6.21. The van der Waals surface area contributed by atoms with Crippen LogP contribution in [0.3, 0.4) is 0 Å². The summed E-state index contributed by atoms with van der Waals surface area (Å²) in [7, 11) is 1.31. The van der Waals surface area contributed by atoms with Gasteiger partial charge in [0.2, 0.25) is 5.91 Å². The van der Waals surface area contributed by atoms with E-state index in [0.29, 0.717) is 32.8 Å². The largest absolute Gasteiger partial charge is 0.465 e. The SMILES string of the molecule is COC(=O)c1ccc(NC(=S)NC(=O)/C=C/c2ccc(-c3cc(Cl)cc(Cl)c3)o2)cc1. The number of rotatable bonds is 5. The predicted octanol–water partition coefficient (Wildman–Crippen LogP) is 5.57. The maximum Gasteiger partial charge on any atom is 0.337 e. The number of ether oxygens (including phenoxy) is 1. The van der Waals surface area contributed by atoms with Crippen LogP contribution in [0.1, 0.15) is 16.1 Å². The Labute approximate surface area is 193 Å². The summed E-state index contributed by atoms with van der Waals surface area (Å²) in [6.07, 6.45) is 2.81. The lowest BCUT2D eigenvalue weighted by molar-refractivity contribution is -0.115. The predicted molar refractivity (Wildman–Crippen MR) is 125 cm³/mol. The average molecular weight is 475 g/mol. The molecule has 0 saturated carbocycles. The first-order valence-electron chi connectivity index (χ1n) is 8.89. The van der Waals surface area contributed by atoms with Crippen LogP contribution >= 0.6 is 35.4 Å². The van der Waals surface area contributed by atoms with Crippen LogP contribution in [0.25, 0.3) is 17.4 Å². The molecule has 3 rings (SSSR count). The zero-order valence-corrected chi connectivity index (χ0v) is 18.5. The summed E-state index contributed by atoms with van der Waals surface area (Å²) in [4.78, 5) is 23.5. The maximum absolute atomic E-state index is 12.1. The number of hydrogen-bond acceptors (Lipinski definition) is 5. The molecular weight excluding hydrogens is 459 g/mol. The zero-order valence-electron chi connectivity index (χ0n) is 16.1. The highest BCUT2D eigenvalue weighted by molar-refractivity contribution is 7.80. The fraction of sp³-hybridized carbons (Fsp3) is 0.0455. The highest BCUT2D eigenvalue weighted by Crippen LogP contribution is 2.28. The van der Waals surface area contributed by atoms with Gasteiger partial charge < -0.3 is 14.5 Å². The summed E-state index contributed by atoms with van der Waals surface area (Å²) >= 11 is 17.2. The second-order valence-corrected chi connectivity index (χ2v) is 7.49. The number of methoxy groups -OCH3 is 1. The van der Waals surface area contributed by atoms with Crippen molar-refractivity contribution in [2.24, 2.45) is 0 Å². The van der Waals surface area contributed by atoms with E-state index in [1.165, 1.54) is 19.3 Å². The van der Waals surface area contributed by atoms with Gasteiger partial charge in [0.1, 0.15) is 11.5 Å². The van der Waals surface area contributed by atoms with Crippen LogP contribution in [0.2, 0.25) is 10.0 Å². The molecule has 158 valence electrons. The minimum Gasteiger partial charge on any atom is -0.465 e. The van der Waals surface area contributed by atoms with E-state index in [9.17, 15) is 9.59 Å². The first-order chi connectivity index (χ1) is 14.8. The molecular formula is C22H16Cl2N2O4S. The topological polar surface area (TPSA) is 80.6 Å². The van der Waals surface area contributed by atoms with Gasteiger partial charge in [-0.15, -0.1) is 0 Å². The van der Waals surface area contributed by atoms with Crippen LogP contribution in [0.15, 0.2) is 65.1 Å². The molecule has 0 spiro atoms. The number of anilines is 1. The first kappa shape index (κ1) is 22.6. The molecule has 0 aliphatic heterocycles. The number of esters is 1. The molecule has 1 amide bonds. The molecule has 0 fully saturated rings. The van der Waals surface area contributed by atoms with Crippen LogP contribution in [0.4, 0.5) is 5.69 Å². The average Bonchev–Trinajstić information content (AvgIpc) is 3.20. The van der Waals surface area contributed by atoms with E-state index in [0.717, 1.165) is 5.56 Å². The Bertz CT molecular complexity index is 1140. The lowest BCUT2D eigenvalue weighted by Crippen LogP contribution is -2.32. The fourth-order valence-electron chi connectivity index (χ4n) is 2.57. The number of carbonyl (C=O) groups is 2. The molecule has 2 N–H and O–H groups in total. The Morgan fingerprint density at radius 3 is 2.35 bits per heavy atom. The Balaban J connectivity index is 1.56. The number of thiocarbonyl (C=S) groups is 1. The molecule has 0 bridgehead atoms. The summed E-state index contributed by atoms with van der Waals surface area (Å²) in [6, 6.07) is 15.0. The summed E-state index contributed by atoms with van der Waals surface area (Å²) in [5.41, 5.74) is 1.74. The normalized spacial score (nSPS) is 10.7.